The van der Waals surface area contributed by atoms with Crippen LogP contribution in [0.3, 0.4) is 0 Å². The van der Waals surface area contributed by atoms with Gasteiger partial charge in [0.05, 0.1) is 18.6 Å². The van der Waals surface area contributed by atoms with Crippen LogP contribution in [0.1, 0.15) is 24.8 Å². The lowest BCUT2D eigenvalue weighted by atomic mass is 10.1. The first-order valence-electron chi connectivity index (χ1n) is 7.92. The van der Waals surface area contributed by atoms with E-state index in [0.29, 0.717) is 26.1 Å². The standard InChI is InChI=1S/C17H22N2O3/c20-12-15-7-4-8-19(15)17(22)14-9-16(21)18(11-14)10-13-5-2-1-3-6-13/h1-3,5-6,14-15,20H,4,7-12H2/t14?,15-/m0/s1. The second-order valence-corrected chi connectivity index (χ2v) is 6.17. The monoisotopic (exact) mass is 302 g/mol. The van der Waals surface area contributed by atoms with E-state index >= 15 is 0 Å². The van der Waals surface area contributed by atoms with Crippen molar-refractivity contribution in [2.24, 2.45) is 5.92 Å². The van der Waals surface area contributed by atoms with Gasteiger partial charge in [-0.3, -0.25) is 9.59 Å². The van der Waals surface area contributed by atoms with Crippen LogP contribution in [0.15, 0.2) is 30.3 Å². The van der Waals surface area contributed by atoms with Crippen LogP contribution in [-0.4, -0.2) is 52.5 Å². The fourth-order valence-electron chi connectivity index (χ4n) is 3.44. The first-order valence-corrected chi connectivity index (χ1v) is 7.92. The zero-order valence-corrected chi connectivity index (χ0v) is 12.6. The summed E-state index contributed by atoms with van der Waals surface area (Å²) in [5.41, 5.74) is 1.08. The number of benzene rings is 1. The minimum absolute atomic E-state index is 0.0140. The van der Waals surface area contributed by atoms with E-state index in [1.54, 1.807) is 9.80 Å². The highest BCUT2D eigenvalue weighted by Gasteiger charge is 2.39. The Labute approximate surface area is 130 Å². The molecule has 2 atom stereocenters. The second kappa shape index (κ2) is 6.48. The first kappa shape index (κ1) is 15.0. The highest BCUT2D eigenvalue weighted by atomic mass is 16.3. The number of rotatable bonds is 4. The number of aliphatic hydroxyl groups excluding tert-OH is 1. The van der Waals surface area contributed by atoms with E-state index in [1.807, 2.05) is 30.3 Å². The van der Waals surface area contributed by atoms with Crippen molar-refractivity contribution in [3.05, 3.63) is 35.9 Å². The molecular weight excluding hydrogens is 280 g/mol. The molecule has 2 amide bonds. The summed E-state index contributed by atoms with van der Waals surface area (Å²) in [6.45, 7) is 1.77. The number of hydrogen-bond donors (Lipinski definition) is 1. The van der Waals surface area contributed by atoms with Gasteiger partial charge in [-0.15, -0.1) is 0 Å². The largest absolute Gasteiger partial charge is 0.394 e. The molecule has 2 aliphatic rings. The minimum atomic E-state index is -0.261. The van der Waals surface area contributed by atoms with E-state index in [-0.39, 0.29) is 30.4 Å². The maximum atomic E-state index is 12.6. The molecule has 2 fully saturated rings. The van der Waals surface area contributed by atoms with Crippen molar-refractivity contribution in [2.75, 3.05) is 19.7 Å². The lowest BCUT2D eigenvalue weighted by Gasteiger charge is -2.26. The molecule has 0 bridgehead atoms. The van der Waals surface area contributed by atoms with Crippen molar-refractivity contribution in [1.29, 1.82) is 0 Å². The number of amides is 2. The van der Waals surface area contributed by atoms with Crippen molar-refractivity contribution in [2.45, 2.75) is 31.8 Å². The van der Waals surface area contributed by atoms with Gasteiger partial charge in [-0.1, -0.05) is 30.3 Å². The number of likely N-dealkylation sites (tertiary alicyclic amines) is 2. The molecule has 1 aromatic rings. The van der Waals surface area contributed by atoms with Crippen LogP contribution in [0.4, 0.5) is 0 Å². The maximum absolute atomic E-state index is 12.6. The molecule has 2 aliphatic heterocycles. The Morgan fingerprint density at radius 3 is 2.77 bits per heavy atom. The summed E-state index contributed by atoms with van der Waals surface area (Å²) in [5, 5.41) is 9.36. The highest BCUT2D eigenvalue weighted by molar-refractivity contribution is 5.89. The van der Waals surface area contributed by atoms with Gasteiger partial charge in [0.1, 0.15) is 0 Å². The molecule has 0 aliphatic carbocycles. The molecule has 5 nitrogen and oxygen atoms in total. The average Bonchev–Trinajstić information content (AvgIpc) is 3.15. The van der Waals surface area contributed by atoms with Gasteiger partial charge in [-0.05, 0) is 18.4 Å². The van der Waals surface area contributed by atoms with Crippen LogP contribution in [0.25, 0.3) is 0 Å². The van der Waals surface area contributed by atoms with Crippen molar-refractivity contribution in [1.82, 2.24) is 9.80 Å². The second-order valence-electron chi connectivity index (χ2n) is 6.17. The fraction of sp³-hybridized carbons (Fsp3) is 0.529. The Balaban J connectivity index is 1.63. The quantitative estimate of drug-likeness (QED) is 0.903. The van der Waals surface area contributed by atoms with Gasteiger partial charge in [-0.25, -0.2) is 0 Å². The van der Waals surface area contributed by atoms with Crippen LogP contribution >= 0.6 is 0 Å². The smallest absolute Gasteiger partial charge is 0.228 e. The lowest BCUT2D eigenvalue weighted by Crippen LogP contribution is -2.42. The van der Waals surface area contributed by atoms with Crippen LogP contribution in [0, 0.1) is 5.92 Å². The molecule has 1 unspecified atom stereocenters. The first-order chi connectivity index (χ1) is 10.7. The van der Waals surface area contributed by atoms with E-state index in [2.05, 4.69) is 0 Å². The van der Waals surface area contributed by atoms with E-state index < -0.39 is 0 Å². The zero-order valence-electron chi connectivity index (χ0n) is 12.6. The molecule has 3 rings (SSSR count). The average molecular weight is 302 g/mol. The number of carbonyl (C=O) groups is 2. The zero-order chi connectivity index (χ0) is 15.5. The molecule has 5 heteroatoms. The molecule has 118 valence electrons. The van der Waals surface area contributed by atoms with Crippen molar-refractivity contribution < 1.29 is 14.7 Å². The van der Waals surface area contributed by atoms with Gasteiger partial charge in [0.15, 0.2) is 0 Å². The highest BCUT2D eigenvalue weighted by Crippen LogP contribution is 2.26. The van der Waals surface area contributed by atoms with Gasteiger partial charge >= 0.3 is 0 Å². The van der Waals surface area contributed by atoms with Gasteiger partial charge in [0.2, 0.25) is 11.8 Å². The minimum Gasteiger partial charge on any atom is -0.394 e. The predicted molar refractivity (Wildman–Crippen MR) is 81.8 cm³/mol. The molecule has 0 aromatic heterocycles. The van der Waals surface area contributed by atoms with Crippen LogP contribution in [0.5, 0.6) is 0 Å². The molecule has 2 heterocycles. The fourth-order valence-corrected chi connectivity index (χ4v) is 3.44. The van der Waals surface area contributed by atoms with E-state index in [0.717, 1.165) is 18.4 Å². The summed E-state index contributed by atoms with van der Waals surface area (Å²) >= 11 is 0. The molecule has 1 N–H and O–H groups in total. The summed E-state index contributed by atoms with van der Waals surface area (Å²) in [6.07, 6.45) is 2.09. The maximum Gasteiger partial charge on any atom is 0.228 e. The molecule has 0 spiro atoms. The van der Waals surface area contributed by atoms with E-state index in [4.69, 9.17) is 0 Å². The number of nitrogens with zero attached hydrogens (tertiary/aromatic N) is 2. The molecule has 1 aromatic carbocycles. The van der Waals surface area contributed by atoms with Gasteiger partial charge in [-0.2, -0.15) is 0 Å². The van der Waals surface area contributed by atoms with E-state index in [9.17, 15) is 14.7 Å². The molecule has 22 heavy (non-hydrogen) atoms. The topological polar surface area (TPSA) is 60.9 Å². The van der Waals surface area contributed by atoms with Crippen molar-refractivity contribution in [3.63, 3.8) is 0 Å². The van der Waals surface area contributed by atoms with Crippen molar-refractivity contribution in [3.8, 4) is 0 Å². The van der Waals surface area contributed by atoms with Gasteiger partial charge in [0.25, 0.3) is 0 Å². The number of carbonyl (C=O) groups excluding carboxylic acids is 2. The van der Waals surface area contributed by atoms with Crippen LogP contribution < -0.4 is 0 Å². The van der Waals surface area contributed by atoms with Crippen LogP contribution in [-0.2, 0) is 16.1 Å². The molecule has 0 saturated carbocycles. The Kier molecular flexibility index (Phi) is 4.43. The summed E-state index contributed by atoms with van der Waals surface area (Å²) in [6, 6.07) is 9.77. The third-order valence-electron chi connectivity index (χ3n) is 4.65. The Morgan fingerprint density at radius 1 is 1.27 bits per heavy atom. The number of hydrogen-bond acceptors (Lipinski definition) is 3. The van der Waals surface area contributed by atoms with E-state index in [1.165, 1.54) is 0 Å². The predicted octanol–water partition coefficient (Wildman–Crippen LogP) is 1.02. The number of aliphatic hydroxyl groups is 1. The Bertz CT molecular complexity index is 546. The summed E-state index contributed by atoms with van der Waals surface area (Å²) < 4.78 is 0. The van der Waals surface area contributed by atoms with Crippen LogP contribution in [0.2, 0.25) is 0 Å². The summed E-state index contributed by atoms with van der Waals surface area (Å²) in [4.78, 5) is 28.3. The Hall–Kier alpha value is -1.88. The third kappa shape index (κ3) is 2.99. The lowest BCUT2D eigenvalue weighted by molar-refractivity contribution is -0.137. The van der Waals surface area contributed by atoms with Crippen molar-refractivity contribution >= 4 is 11.8 Å². The van der Waals surface area contributed by atoms with Gasteiger partial charge in [0, 0.05) is 26.1 Å². The third-order valence-corrected chi connectivity index (χ3v) is 4.65. The molecule has 2 saturated heterocycles. The Morgan fingerprint density at radius 2 is 2.05 bits per heavy atom. The normalized spacial score (nSPS) is 25.0. The summed E-state index contributed by atoms with van der Waals surface area (Å²) in [5.74, 6) is -0.189. The van der Waals surface area contributed by atoms with Gasteiger partial charge < -0.3 is 14.9 Å². The molecular formula is C17H22N2O3. The SMILES string of the molecule is O=C1CC(C(=O)N2CCC[C@H]2CO)CN1Cc1ccccc1. The molecule has 0 radical (unpaired) electrons. The summed E-state index contributed by atoms with van der Waals surface area (Å²) in [7, 11) is 0.